The van der Waals surface area contributed by atoms with Crippen molar-refractivity contribution < 1.29 is 4.42 Å². The molecule has 74 valence electrons. The normalized spacial score (nSPS) is 10.7. The molecule has 0 unspecified atom stereocenters. The molecule has 1 nitrogen and oxygen atoms in total. The van der Waals surface area contributed by atoms with Gasteiger partial charge in [-0.15, -0.1) is 23.1 Å². The van der Waals surface area contributed by atoms with Gasteiger partial charge in [0.2, 0.25) is 0 Å². The zero-order valence-electron chi connectivity index (χ0n) is 7.62. The summed E-state index contributed by atoms with van der Waals surface area (Å²) in [5, 5.41) is 0. The summed E-state index contributed by atoms with van der Waals surface area (Å²) < 4.78 is 6.42. The fourth-order valence-corrected chi connectivity index (χ4v) is 3.59. The van der Waals surface area contributed by atoms with Crippen molar-refractivity contribution in [3.63, 3.8) is 0 Å². The first kappa shape index (κ1) is 10.3. The van der Waals surface area contributed by atoms with E-state index in [9.17, 15) is 0 Å². The summed E-state index contributed by atoms with van der Waals surface area (Å²) in [6.07, 6.45) is 1.74. The standard InChI is InChI=1S/C10H9BrOS2/c1-7-9(4-5-12-7)13-6-8-2-3-10(11)14-8/h2-5H,6H2,1H3. The smallest absolute Gasteiger partial charge is 0.114 e. The molecule has 0 amide bonds. The molecule has 4 heteroatoms. The van der Waals surface area contributed by atoms with Gasteiger partial charge in [-0.1, -0.05) is 0 Å². The van der Waals surface area contributed by atoms with Crippen LogP contribution in [0.1, 0.15) is 10.6 Å². The second-order valence-electron chi connectivity index (χ2n) is 2.84. The number of halogens is 1. The van der Waals surface area contributed by atoms with Crippen LogP contribution >= 0.6 is 39.0 Å². The molecule has 2 heterocycles. The zero-order chi connectivity index (χ0) is 9.97. The summed E-state index contributed by atoms with van der Waals surface area (Å²) in [7, 11) is 0. The monoisotopic (exact) mass is 288 g/mol. The van der Waals surface area contributed by atoms with Crippen LogP contribution in [0.5, 0.6) is 0 Å². The van der Waals surface area contributed by atoms with Crippen LogP contribution in [0.2, 0.25) is 0 Å². The summed E-state index contributed by atoms with van der Waals surface area (Å²) in [5.41, 5.74) is 0. The molecule has 0 saturated carbocycles. The van der Waals surface area contributed by atoms with E-state index in [-0.39, 0.29) is 0 Å². The first-order valence-corrected chi connectivity index (χ1v) is 6.76. The van der Waals surface area contributed by atoms with Gasteiger partial charge in [0.1, 0.15) is 5.76 Å². The van der Waals surface area contributed by atoms with Crippen LogP contribution in [0.3, 0.4) is 0 Å². The van der Waals surface area contributed by atoms with E-state index in [0.717, 1.165) is 11.5 Å². The van der Waals surface area contributed by atoms with Crippen molar-refractivity contribution in [2.45, 2.75) is 17.6 Å². The lowest BCUT2D eigenvalue weighted by Gasteiger charge is -1.96. The van der Waals surface area contributed by atoms with E-state index in [1.54, 1.807) is 17.6 Å². The molecule has 0 spiro atoms. The van der Waals surface area contributed by atoms with E-state index in [1.807, 2.05) is 24.8 Å². The van der Waals surface area contributed by atoms with Crippen LogP contribution < -0.4 is 0 Å². The number of hydrogen-bond donors (Lipinski definition) is 0. The first-order chi connectivity index (χ1) is 6.75. The lowest BCUT2D eigenvalue weighted by Crippen LogP contribution is -1.73. The molecule has 0 radical (unpaired) electrons. The number of thioether (sulfide) groups is 1. The molecule has 14 heavy (non-hydrogen) atoms. The quantitative estimate of drug-likeness (QED) is 0.759. The predicted molar refractivity (Wildman–Crippen MR) is 65.0 cm³/mol. The van der Waals surface area contributed by atoms with Crippen LogP contribution in [0.25, 0.3) is 0 Å². The maximum Gasteiger partial charge on any atom is 0.114 e. The van der Waals surface area contributed by atoms with Gasteiger partial charge < -0.3 is 4.42 Å². The Morgan fingerprint density at radius 1 is 1.43 bits per heavy atom. The molecule has 0 atom stereocenters. The lowest BCUT2D eigenvalue weighted by atomic mass is 10.5. The number of furan rings is 1. The van der Waals surface area contributed by atoms with E-state index in [0.29, 0.717) is 0 Å². The number of rotatable bonds is 3. The van der Waals surface area contributed by atoms with Gasteiger partial charge in [0.25, 0.3) is 0 Å². The van der Waals surface area contributed by atoms with Gasteiger partial charge in [0, 0.05) is 15.5 Å². The van der Waals surface area contributed by atoms with Gasteiger partial charge in [-0.05, 0) is 41.1 Å². The molecular formula is C10H9BrOS2. The third kappa shape index (κ3) is 2.43. The summed E-state index contributed by atoms with van der Waals surface area (Å²) in [6.45, 7) is 1.99. The van der Waals surface area contributed by atoms with Crippen molar-refractivity contribution in [2.75, 3.05) is 0 Å². The average molecular weight is 289 g/mol. The Kier molecular flexibility index (Phi) is 3.36. The summed E-state index contributed by atoms with van der Waals surface area (Å²) in [4.78, 5) is 2.61. The minimum absolute atomic E-state index is 1.01. The fraction of sp³-hybridized carbons (Fsp3) is 0.200. The highest BCUT2D eigenvalue weighted by Crippen LogP contribution is 2.30. The minimum atomic E-state index is 1.01. The summed E-state index contributed by atoms with van der Waals surface area (Å²) in [6, 6.07) is 6.25. The van der Waals surface area contributed by atoms with Crippen molar-refractivity contribution in [3.8, 4) is 0 Å². The Morgan fingerprint density at radius 3 is 2.86 bits per heavy atom. The van der Waals surface area contributed by atoms with Crippen molar-refractivity contribution >= 4 is 39.0 Å². The molecular weight excluding hydrogens is 280 g/mol. The third-order valence-corrected chi connectivity index (χ3v) is 4.81. The van der Waals surface area contributed by atoms with Crippen molar-refractivity contribution in [1.29, 1.82) is 0 Å². The molecule has 0 saturated heterocycles. The second kappa shape index (κ2) is 4.55. The van der Waals surface area contributed by atoms with E-state index in [2.05, 4.69) is 28.1 Å². The number of thiophene rings is 1. The Bertz CT molecular complexity index is 419. The van der Waals surface area contributed by atoms with Crippen LogP contribution in [0.15, 0.2) is 37.6 Å². The molecule has 0 aliphatic carbocycles. The van der Waals surface area contributed by atoms with Gasteiger partial charge in [0.05, 0.1) is 10.0 Å². The Balaban J connectivity index is 1.98. The van der Waals surface area contributed by atoms with Crippen molar-refractivity contribution in [3.05, 3.63) is 38.9 Å². The van der Waals surface area contributed by atoms with Gasteiger partial charge in [-0.3, -0.25) is 0 Å². The molecule has 0 bridgehead atoms. The highest BCUT2D eigenvalue weighted by Gasteiger charge is 2.03. The predicted octanol–water partition coefficient (Wildman–Crippen LogP) is 4.70. The Morgan fingerprint density at radius 2 is 2.29 bits per heavy atom. The van der Waals surface area contributed by atoms with E-state index >= 15 is 0 Å². The zero-order valence-corrected chi connectivity index (χ0v) is 10.8. The SMILES string of the molecule is Cc1occc1SCc1ccc(Br)s1. The second-order valence-corrected chi connectivity index (χ2v) is 6.40. The third-order valence-electron chi connectivity index (χ3n) is 1.81. The molecule has 0 fully saturated rings. The van der Waals surface area contributed by atoms with Crippen molar-refractivity contribution in [1.82, 2.24) is 0 Å². The summed E-state index contributed by atoms with van der Waals surface area (Å²) >= 11 is 7.05. The first-order valence-electron chi connectivity index (χ1n) is 4.17. The van der Waals surface area contributed by atoms with E-state index in [4.69, 9.17) is 4.42 Å². The minimum Gasteiger partial charge on any atom is -0.468 e. The lowest BCUT2D eigenvalue weighted by molar-refractivity contribution is 0.527. The molecule has 2 rings (SSSR count). The highest BCUT2D eigenvalue weighted by molar-refractivity contribution is 9.11. The average Bonchev–Trinajstić information content (AvgIpc) is 2.72. The molecule has 0 aliphatic heterocycles. The van der Waals surface area contributed by atoms with Gasteiger partial charge in [-0.25, -0.2) is 0 Å². The van der Waals surface area contributed by atoms with E-state index < -0.39 is 0 Å². The molecule has 2 aromatic rings. The van der Waals surface area contributed by atoms with E-state index in [1.165, 1.54) is 13.6 Å². The molecule has 0 aromatic carbocycles. The molecule has 2 aromatic heterocycles. The topological polar surface area (TPSA) is 13.1 Å². The van der Waals surface area contributed by atoms with Crippen molar-refractivity contribution in [2.24, 2.45) is 0 Å². The van der Waals surface area contributed by atoms with Gasteiger partial charge in [-0.2, -0.15) is 0 Å². The maximum atomic E-state index is 5.23. The summed E-state index contributed by atoms with van der Waals surface area (Å²) in [5.74, 6) is 2.02. The number of hydrogen-bond acceptors (Lipinski definition) is 3. The number of aryl methyl sites for hydroxylation is 1. The molecule has 0 aliphatic rings. The van der Waals surface area contributed by atoms with Crippen LogP contribution in [0.4, 0.5) is 0 Å². The maximum absolute atomic E-state index is 5.23. The Labute approximate surface area is 99.6 Å². The largest absolute Gasteiger partial charge is 0.468 e. The van der Waals surface area contributed by atoms with Crippen LogP contribution in [-0.4, -0.2) is 0 Å². The Hall–Kier alpha value is -0.190. The van der Waals surface area contributed by atoms with Gasteiger partial charge >= 0.3 is 0 Å². The fourth-order valence-electron chi connectivity index (χ4n) is 1.10. The van der Waals surface area contributed by atoms with Gasteiger partial charge in [0.15, 0.2) is 0 Å². The van der Waals surface area contributed by atoms with Crippen LogP contribution in [0, 0.1) is 6.92 Å². The molecule has 0 N–H and O–H groups in total. The van der Waals surface area contributed by atoms with Crippen LogP contribution in [-0.2, 0) is 5.75 Å². The highest BCUT2D eigenvalue weighted by atomic mass is 79.9.